The molecule has 0 spiro atoms. The number of hydrogen-bond donors (Lipinski definition) is 0. The van der Waals surface area contributed by atoms with E-state index in [-0.39, 0.29) is 24.4 Å². The molecule has 0 saturated carbocycles. The van der Waals surface area contributed by atoms with Crippen LogP contribution in [0.3, 0.4) is 0 Å². The third kappa shape index (κ3) is 4.17. The van der Waals surface area contributed by atoms with Crippen LogP contribution in [-0.4, -0.2) is 62.3 Å². The minimum Gasteiger partial charge on any atom is -0.341 e. The van der Waals surface area contributed by atoms with Crippen LogP contribution in [0.25, 0.3) is 0 Å². The van der Waals surface area contributed by atoms with E-state index in [1.165, 1.54) is 15.9 Å². The maximum absolute atomic E-state index is 14.1. The highest BCUT2D eigenvalue weighted by Crippen LogP contribution is 2.28. The Bertz CT molecular complexity index is 709. The van der Waals surface area contributed by atoms with Gasteiger partial charge in [0.15, 0.2) is 9.84 Å². The van der Waals surface area contributed by atoms with Crippen molar-refractivity contribution in [3.05, 3.63) is 35.4 Å². The maximum atomic E-state index is 14.1. The summed E-state index contributed by atoms with van der Waals surface area (Å²) in [5, 5.41) is -0.454. The molecular weight excluding hydrogens is 350 g/mol. The fourth-order valence-electron chi connectivity index (χ4n) is 3.22. The van der Waals surface area contributed by atoms with Gasteiger partial charge in [-0.15, -0.1) is 0 Å². The van der Waals surface area contributed by atoms with E-state index in [1.807, 2.05) is 0 Å². The average molecular weight is 374 g/mol. The number of carbonyl (C=O) groups is 1. The zero-order chi connectivity index (χ0) is 18.8. The predicted molar refractivity (Wildman–Crippen MR) is 91.8 cm³/mol. The lowest BCUT2D eigenvalue weighted by atomic mass is 10.0. The first-order chi connectivity index (χ1) is 11.7. The lowest BCUT2D eigenvalue weighted by Crippen LogP contribution is -2.47. The van der Waals surface area contributed by atoms with E-state index in [2.05, 4.69) is 0 Å². The van der Waals surface area contributed by atoms with Crippen LogP contribution in [0, 0.1) is 11.6 Å². The average Bonchev–Trinajstić information content (AvgIpc) is 2.57. The van der Waals surface area contributed by atoms with Gasteiger partial charge < -0.3 is 4.90 Å². The van der Waals surface area contributed by atoms with E-state index in [1.54, 1.807) is 21.0 Å². The second kappa shape index (κ2) is 7.78. The van der Waals surface area contributed by atoms with Gasteiger partial charge in [0.1, 0.15) is 17.7 Å². The zero-order valence-corrected chi connectivity index (χ0v) is 15.5. The van der Waals surface area contributed by atoms with E-state index in [4.69, 9.17) is 0 Å². The highest BCUT2D eigenvalue weighted by atomic mass is 32.2. The number of piperidine rings is 1. The molecule has 5 nitrogen and oxygen atoms in total. The van der Waals surface area contributed by atoms with Crippen molar-refractivity contribution in [2.45, 2.75) is 31.1 Å². The second-order valence-electron chi connectivity index (χ2n) is 6.48. The van der Waals surface area contributed by atoms with Crippen molar-refractivity contribution in [1.82, 2.24) is 9.80 Å². The van der Waals surface area contributed by atoms with Crippen molar-refractivity contribution in [2.24, 2.45) is 0 Å². The number of likely N-dealkylation sites (tertiary alicyclic amines) is 1. The van der Waals surface area contributed by atoms with E-state index in [9.17, 15) is 22.0 Å². The molecule has 1 aliphatic rings. The van der Waals surface area contributed by atoms with Gasteiger partial charge >= 0.3 is 0 Å². The minimum absolute atomic E-state index is 0.0758. The topological polar surface area (TPSA) is 57.7 Å². The fraction of sp³-hybridized carbons (Fsp3) is 0.588. The number of hydrogen-bond acceptors (Lipinski definition) is 4. The van der Waals surface area contributed by atoms with Crippen molar-refractivity contribution in [2.75, 3.05) is 32.9 Å². The lowest BCUT2D eigenvalue weighted by Gasteiger charge is -2.35. The third-order valence-corrected chi connectivity index (χ3v) is 6.98. The minimum atomic E-state index is -3.14. The molecule has 1 aromatic rings. The normalized spacial score (nSPS) is 17.8. The monoisotopic (exact) mass is 374 g/mol. The predicted octanol–water partition coefficient (Wildman–Crippen LogP) is 1.99. The SMILES string of the molecule is CCS(=O)(=O)C1CCN(C(=O)[C@@H](c2c(F)cccc2F)N(C)C)CC1. The number of sulfone groups is 1. The Balaban J connectivity index is 2.21. The van der Waals surface area contributed by atoms with Gasteiger partial charge in [-0.25, -0.2) is 17.2 Å². The van der Waals surface area contributed by atoms with Gasteiger partial charge in [0, 0.05) is 18.8 Å². The Hall–Kier alpha value is -1.54. The van der Waals surface area contributed by atoms with Crippen LogP contribution in [0.15, 0.2) is 18.2 Å². The number of carbonyl (C=O) groups excluding carboxylic acids is 1. The van der Waals surface area contributed by atoms with Gasteiger partial charge in [-0.2, -0.15) is 0 Å². The molecule has 1 aliphatic heterocycles. The number of rotatable bonds is 5. The van der Waals surface area contributed by atoms with Gasteiger partial charge in [-0.3, -0.25) is 9.69 Å². The lowest BCUT2D eigenvalue weighted by molar-refractivity contribution is -0.137. The van der Waals surface area contributed by atoms with Crippen LogP contribution < -0.4 is 0 Å². The summed E-state index contributed by atoms with van der Waals surface area (Å²) in [7, 11) is 0.0312. The standard InChI is InChI=1S/C17H24F2N2O3S/c1-4-25(23,24)12-8-10-21(11-9-12)17(22)16(20(2)3)15-13(18)6-5-7-14(15)19/h5-7,12,16H,4,8-11H2,1-3H3/t16-/m1/s1. The first-order valence-corrected chi connectivity index (χ1v) is 10.0. The quantitative estimate of drug-likeness (QED) is 0.791. The Morgan fingerprint density at radius 2 is 1.76 bits per heavy atom. The van der Waals surface area contributed by atoms with Crippen molar-refractivity contribution >= 4 is 15.7 Å². The molecule has 1 fully saturated rings. The number of nitrogens with zero attached hydrogens (tertiary/aromatic N) is 2. The fourth-order valence-corrected chi connectivity index (χ4v) is 4.62. The van der Waals surface area contributed by atoms with Crippen molar-refractivity contribution in [1.29, 1.82) is 0 Å². The zero-order valence-electron chi connectivity index (χ0n) is 14.7. The molecule has 0 N–H and O–H groups in total. The van der Waals surface area contributed by atoms with Crippen LogP contribution >= 0.6 is 0 Å². The van der Waals surface area contributed by atoms with Crippen molar-refractivity contribution in [3.8, 4) is 0 Å². The molecule has 1 atom stereocenters. The summed E-state index contributed by atoms with van der Waals surface area (Å²) in [5.41, 5.74) is -0.277. The van der Waals surface area contributed by atoms with Gasteiger partial charge in [0.05, 0.1) is 10.8 Å². The molecule has 0 aromatic heterocycles. The molecule has 1 saturated heterocycles. The number of benzene rings is 1. The van der Waals surface area contributed by atoms with Crippen molar-refractivity contribution < 1.29 is 22.0 Å². The van der Waals surface area contributed by atoms with Crippen LogP contribution in [0.1, 0.15) is 31.4 Å². The molecule has 1 amide bonds. The first-order valence-electron chi connectivity index (χ1n) is 8.29. The number of likely N-dealkylation sites (N-methyl/N-ethyl adjacent to an activating group) is 1. The second-order valence-corrected chi connectivity index (χ2v) is 9.05. The van der Waals surface area contributed by atoms with E-state index >= 15 is 0 Å². The molecular formula is C17H24F2N2O3S. The Morgan fingerprint density at radius 1 is 1.24 bits per heavy atom. The third-order valence-electron chi connectivity index (χ3n) is 4.69. The molecule has 0 bridgehead atoms. The summed E-state index contributed by atoms with van der Waals surface area (Å²) in [4.78, 5) is 15.8. The summed E-state index contributed by atoms with van der Waals surface area (Å²) in [6.07, 6.45) is 0.698. The summed E-state index contributed by atoms with van der Waals surface area (Å²) >= 11 is 0. The molecule has 8 heteroatoms. The Morgan fingerprint density at radius 3 is 2.20 bits per heavy atom. The maximum Gasteiger partial charge on any atom is 0.244 e. The number of halogens is 2. The smallest absolute Gasteiger partial charge is 0.244 e. The summed E-state index contributed by atoms with van der Waals surface area (Å²) in [5.74, 6) is -1.88. The molecule has 140 valence electrons. The molecule has 25 heavy (non-hydrogen) atoms. The Labute approximate surface area is 147 Å². The van der Waals surface area contributed by atoms with Crippen LogP contribution in [-0.2, 0) is 14.6 Å². The molecule has 0 unspecified atom stereocenters. The van der Waals surface area contributed by atoms with Crippen LogP contribution in [0.4, 0.5) is 8.78 Å². The molecule has 1 aromatic carbocycles. The van der Waals surface area contributed by atoms with Gasteiger partial charge in [0.25, 0.3) is 0 Å². The van der Waals surface area contributed by atoms with Crippen molar-refractivity contribution in [3.63, 3.8) is 0 Å². The van der Waals surface area contributed by atoms with E-state index in [0.29, 0.717) is 12.8 Å². The van der Waals surface area contributed by atoms with Crippen LogP contribution in [0.5, 0.6) is 0 Å². The molecule has 2 rings (SSSR count). The van der Waals surface area contributed by atoms with Crippen LogP contribution in [0.2, 0.25) is 0 Å². The molecule has 0 radical (unpaired) electrons. The summed E-state index contributed by atoms with van der Waals surface area (Å²) in [6, 6.07) is 2.43. The summed E-state index contributed by atoms with van der Waals surface area (Å²) < 4.78 is 52.2. The highest BCUT2D eigenvalue weighted by molar-refractivity contribution is 7.92. The molecule has 0 aliphatic carbocycles. The van der Waals surface area contributed by atoms with Gasteiger partial charge in [-0.05, 0) is 39.1 Å². The van der Waals surface area contributed by atoms with E-state index in [0.717, 1.165) is 12.1 Å². The van der Waals surface area contributed by atoms with Gasteiger partial charge in [-0.1, -0.05) is 13.0 Å². The highest BCUT2D eigenvalue weighted by Gasteiger charge is 2.36. The van der Waals surface area contributed by atoms with Gasteiger partial charge in [0.2, 0.25) is 5.91 Å². The largest absolute Gasteiger partial charge is 0.341 e. The summed E-state index contributed by atoms with van der Waals surface area (Å²) in [6.45, 7) is 2.14. The first kappa shape index (κ1) is 19.8. The van der Waals surface area contributed by atoms with E-state index < -0.39 is 38.7 Å². The Kier molecular flexibility index (Phi) is 6.16. The molecule has 1 heterocycles. The number of amides is 1.